The van der Waals surface area contributed by atoms with Crippen LogP contribution in [0.5, 0.6) is 0 Å². The van der Waals surface area contributed by atoms with Gasteiger partial charge in [0.05, 0.1) is 35.7 Å². The minimum atomic E-state index is -1.33. The third-order valence-electron chi connectivity index (χ3n) is 5.62. The molecule has 180 valence electrons. The second-order valence-electron chi connectivity index (χ2n) is 7.79. The molecule has 3 aromatic heterocycles. The maximum atomic E-state index is 14.4. The van der Waals surface area contributed by atoms with Gasteiger partial charge in [0.25, 0.3) is 5.89 Å². The lowest BCUT2D eigenvalue weighted by Crippen LogP contribution is -2.41. The third-order valence-corrected chi connectivity index (χ3v) is 5.62. The molecule has 0 aliphatic carbocycles. The Balaban J connectivity index is 1.43. The zero-order chi connectivity index (χ0) is 24.5. The molecule has 13 heteroatoms. The maximum Gasteiger partial charge on any atom is 0.312 e. The predicted octanol–water partition coefficient (Wildman–Crippen LogP) is 3.46. The van der Waals surface area contributed by atoms with E-state index in [1.165, 1.54) is 42.8 Å². The quantitative estimate of drug-likeness (QED) is 0.438. The number of alkyl halides is 1. The van der Waals surface area contributed by atoms with Gasteiger partial charge in [0.2, 0.25) is 5.95 Å². The van der Waals surface area contributed by atoms with Crippen molar-refractivity contribution in [3.8, 4) is 11.5 Å². The number of aromatic amines is 1. The van der Waals surface area contributed by atoms with E-state index in [9.17, 15) is 13.6 Å². The first-order valence-corrected chi connectivity index (χ1v) is 10.9. The number of aromatic nitrogens is 6. The van der Waals surface area contributed by atoms with Crippen molar-refractivity contribution in [2.45, 2.75) is 32.6 Å². The van der Waals surface area contributed by atoms with E-state index < -0.39 is 24.2 Å². The van der Waals surface area contributed by atoms with Gasteiger partial charge in [-0.1, -0.05) is 12.2 Å². The van der Waals surface area contributed by atoms with Crippen molar-refractivity contribution in [2.24, 2.45) is 5.10 Å². The molecule has 3 aromatic rings. The molecule has 0 spiro atoms. The molecule has 35 heavy (non-hydrogen) atoms. The van der Waals surface area contributed by atoms with Gasteiger partial charge >= 0.3 is 11.8 Å². The lowest BCUT2D eigenvalue weighted by molar-refractivity contribution is 0.0672. The highest BCUT2D eigenvalue weighted by molar-refractivity contribution is 5.92. The average molecular weight is 481 g/mol. The molecule has 0 bridgehead atoms. The molecule has 11 nitrogen and oxygen atoms in total. The van der Waals surface area contributed by atoms with Crippen LogP contribution in [-0.4, -0.2) is 58.5 Å². The zero-order valence-corrected chi connectivity index (χ0v) is 18.8. The Kier molecular flexibility index (Phi) is 5.81. The summed E-state index contributed by atoms with van der Waals surface area (Å²) < 4.78 is 34.6. The standard InChI is InChI=1S/C22H21F2N9O2/c1-3-15-5-4-6-18(24)33(15)28-10-17-19-16(25-12-26-19)7-8-31(17)22(34)21-30-29-20(35-21)14-9-27-32(11-14)13(2)23/h3-6,9-13,17H,7-8H2,1-2H3,(H,25,26)/b15-3-,28-10+/t13?,17-/m0/s1. The molecule has 1 unspecified atom stereocenters. The van der Waals surface area contributed by atoms with Gasteiger partial charge < -0.3 is 14.3 Å². The number of carbonyl (C=O) groups is 1. The fourth-order valence-corrected chi connectivity index (χ4v) is 3.84. The second kappa shape index (κ2) is 9.08. The van der Waals surface area contributed by atoms with Crippen LogP contribution in [-0.2, 0) is 6.42 Å². The maximum absolute atomic E-state index is 14.4. The summed E-state index contributed by atoms with van der Waals surface area (Å²) in [6.45, 7) is 3.42. The number of allylic oxidation sites excluding steroid dienone is 4. The van der Waals surface area contributed by atoms with Gasteiger partial charge in [0, 0.05) is 24.9 Å². The molecule has 0 saturated heterocycles. The Bertz CT molecular complexity index is 1360. The number of hydrogen-bond donors (Lipinski definition) is 1. The number of imidazole rings is 1. The fraction of sp³-hybridized carbons (Fsp3) is 0.273. The second-order valence-corrected chi connectivity index (χ2v) is 7.79. The van der Waals surface area contributed by atoms with E-state index in [0.29, 0.717) is 29.9 Å². The van der Waals surface area contributed by atoms with Crippen molar-refractivity contribution in [3.63, 3.8) is 0 Å². The first kappa shape index (κ1) is 22.4. The number of H-pyrrole nitrogens is 1. The van der Waals surface area contributed by atoms with Crippen molar-refractivity contribution < 1.29 is 18.0 Å². The van der Waals surface area contributed by atoms with Crippen molar-refractivity contribution in [2.75, 3.05) is 6.54 Å². The Labute approximate surface area is 198 Å². The summed E-state index contributed by atoms with van der Waals surface area (Å²) in [6, 6.07) is -0.709. The molecule has 2 aliphatic heterocycles. The van der Waals surface area contributed by atoms with E-state index in [0.717, 1.165) is 15.4 Å². The molecule has 0 aromatic carbocycles. The van der Waals surface area contributed by atoms with Crippen LogP contribution in [0, 0.1) is 0 Å². The summed E-state index contributed by atoms with van der Waals surface area (Å²) >= 11 is 0. The Morgan fingerprint density at radius 1 is 1.40 bits per heavy atom. The number of halogens is 2. The van der Waals surface area contributed by atoms with Crippen LogP contribution in [0.2, 0.25) is 0 Å². The molecule has 5 heterocycles. The molecule has 2 atom stereocenters. The first-order valence-electron chi connectivity index (χ1n) is 10.9. The van der Waals surface area contributed by atoms with E-state index in [1.54, 1.807) is 25.2 Å². The highest BCUT2D eigenvalue weighted by Crippen LogP contribution is 2.29. The number of rotatable bonds is 5. The van der Waals surface area contributed by atoms with Crippen molar-refractivity contribution in [1.82, 2.24) is 39.9 Å². The van der Waals surface area contributed by atoms with E-state index in [2.05, 4.69) is 30.4 Å². The Morgan fingerprint density at radius 3 is 3.03 bits per heavy atom. The topological polar surface area (TPSA) is 121 Å². The minimum Gasteiger partial charge on any atom is -0.412 e. The molecule has 0 saturated carbocycles. The van der Waals surface area contributed by atoms with E-state index in [1.807, 2.05) is 0 Å². The minimum absolute atomic E-state index is 0.0352. The monoisotopic (exact) mass is 481 g/mol. The SMILES string of the molecule is C/C=C1/C=CC=C(F)N1/N=C/[C@H]1c2nc[nH]c2CCN1C(=O)c1nnc(-c2cnn(C(C)F)c2)o1. The molecule has 0 radical (unpaired) electrons. The molecule has 5 rings (SSSR count). The summed E-state index contributed by atoms with van der Waals surface area (Å²) in [4.78, 5) is 22.3. The highest BCUT2D eigenvalue weighted by Gasteiger charge is 2.35. The van der Waals surface area contributed by atoms with Gasteiger partial charge in [-0.25, -0.2) is 19.1 Å². The van der Waals surface area contributed by atoms with Gasteiger partial charge in [-0.3, -0.25) is 4.79 Å². The molecule has 1 N–H and O–H groups in total. The summed E-state index contributed by atoms with van der Waals surface area (Å²) in [5, 5.41) is 17.1. The average Bonchev–Trinajstić information content (AvgIpc) is 3.62. The number of carbonyl (C=O) groups excluding carboxylic acids is 1. The van der Waals surface area contributed by atoms with Gasteiger partial charge in [-0.05, 0) is 26.0 Å². The Morgan fingerprint density at radius 2 is 2.26 bits per heavy atom. The smallest absolute Gasteiger partial charge is 0.312 e. The van der Waals surface area contributed by atoms with Crippen molar-refractivity contribution in [3.05, 3.63) is 72.0 Å². The largest absolute Gasteiger partial charge is 0.412 e. The lowest BCUT2D eigenvalue weighted by Gasteiger charge is -2.32. The predicted molar refractivity (Wildman–Crippen MR) is 120 cm³/mol. The van der Waals surface area contributed by atoms with Crippen molar-refractivity contribution >= 4 is 12.1 Å². The van der Waals surface area contributed by atoms with Gasteiger partial charge in [0.1, 0.15) is 6.04 Å². The normalized spacial score (nSPS) is 19.9. The summed E-state index contributed by atoms with van der Waals surface area (Å²) in [5.41, 5.74) is 2.36. The van der Waals surface area contributed by atoms with Crippen LogP contribution in [0.1, 0.15) is 48.3 Å². The van der Waals surface area contributed by atoms with Crippen LogP contribution in [0.15, 0.2) is 64.2 Å². The van der Waals surface area contributed by atoms with Crippen LogP contribution in [0.3, 0.4) is 0 Å². The Hall–Kier alpha value is -4.42. The van der Waals surface area contributed by atoms with Gasteiger partial charge in [-0.15, -0.1) is 10.2 Å². The summed E-state index contributed by atoms with van der Waals surface area (Å²) in [6.07, 6.45) is 11.3. The number of hydrogen-bond acceptors (Lipinski definition) is 8. The molecular formula is C22H21F2N9O2. The molecular weight excluding hydrogens is 460 g/mol. The summed E-state index contributed by atoms with van der Waals surface area (Å²) in [5.74, 6) is -1.31. The van der Waals surface area contributed by atoms with Gasteiger partial charge in [-0.2, -0.15) is 14.6 Å². The van der Waals surface area contributed by atoms with E-state index in [4.69, 9.17) is 4.42 Å². The van der Waals surface area contributed by atoms with Crippen LogP contribution in [0.4, 0.5) is 8.78 Å². The van der Waals surface area contributed by atoms with Crippen LogP contribution < -0.4 is 0 Å². The number of nitrogens with zero attached hydrogens (tertiary/aromatic N) is 8. The van der Waals surface area contributed by atoms with E-state index >= 15 is 0 Å². The fourth-order valence-electron chi connectivity index (χ4n) is 3.84. The van der Waals surface area contributed by atoms with E-state index in [-0.39, 0.29) is 11.8 Å². The third kappa shape index (κ3) is 4.16. The van der Waals surface area contributed by atoms with Gasteiger partial charge in [0.15, 0.2) is 6.30 Å². The zero-order valence-electron chi connectivity index (χ0n) is 18.8. The van der Waals surface area contributed by atoms with Crippen LogP contribution >= 0.6 is 0 Å². The summed E-state index contributed by atoms with van der Waals surface area (Å²) in [7, 11) is 0. The molecule has 2 aliphatic rings. The van der Waals surface area contributed by atoms with Crippen molar-refractivity contribution in [1.29, 1.82) is 0 Å². The first-order chi connectivity index (χ1) is 17.0. The molecule has 0 fully saturated rings. The number of hydrazone groups is 1. The number of nitrogens with one attached hydrogen (secondary N) is 1. The highest BCUT2D eigenvalue weighted by atomic mass is 19.1. The lowest BCUT2D eigenvalue weighted by atomic mass is 10.0. The van der Waals surface area contributed by atoms with Crippen LogP contribution in [0.25, 0.3) is 11.5 Å². The number of fused-ring (bicyclic) bond motifs is 1. The molecule has 1 amide bonds. The number of amides is 1.